The number of likely N-dealkylation sites (N-methyl/N-ethyl adjacent to an activating group) is 1. The molecule has 1 aliphatic rings. The van der Waals surface area contributed by atoms with E-state index in [-0.39, 0.29) is 5.60 Å². The lowest BCUT2D eigenvalue weighted by Gasteiger charge is -2.25. The Balaban J connectivity index is 1.71. The summed E-state index contributed by atoms with van der Waals surface area (Å²) in [6.07, 6.45) is 6.24. The zero-order chi connectivity index (χ0) is 13.7. The summed E-state index contributed by atoms with van der Waals surface area (Å²) < 4.78 is 0. The van der Waals surface area contributed by atoms with Crippen LogP contribution >= 0.6 is 0 Å². The van der Waals surface area contributed by atoms with E-state index in [0.29, 0.717) is 0 Å². The molecule has 2 rings (SSSR count). The monoisotopic (exact) mass is 262 g/mol. The van der Waals surface area contributed by atoms with Crippen LogP contribution in [0, 0.1) is 6.92 Å². The van der Waals surface area contributed by atoms with Gasteiger partial charge in [0, 0.05) is 30.9 Å². The lowest BCUT2D eigenvalue weighted by molar-refractivity contribution is 0.0305. The largest absolute Gasteiger partial charge is 0.390 e. The molecule has 0 radical (unpaired) electrons. The normalized spacial score (nSPS) is 18.1. The van der Waals surface area contributed by atoms with E-state index in [9.17, 15) is 5.11 Å². The summed E-state index contributed by atoms with van der Waals surface area (Å²) in [7, 11) is 2.13. The van der Waals surface area contributed by atoms with Crippen LogP contribution in [0.3, 0.4) is 0 Å². The van der Waals surface area contributed by atoms with Gasteiger partial charge in [0.1, 0.15) is 0 Å². The van der Waals surface area contributed by atoms with Crippen molar-refractivity contribution in [3.8, 4) is 0 Å². The third-order valence-electron chi connectivity index (χ3n) is 4.19. The Morgan fingerprint density at radius 1 is 1.26 bits per heavy atom. The first-order valence-electron chi connectivity index (χ1n) is 7.41. The van der Waals surface area contributed by atoms with Gasteiger partial charge in [0.05, 0.1) is 5.60 Å². The SMILES string of the molecule is Cc1cccc(CCN(C)CCC2(O)CCCC2)n1. The Morgan fingerprint density at radius 3 is 2.68 bits per heavy atom. The molecule has 0 spiro atoms. The maximum atomic E-state index is 10.3. The second-order valence-electron chi connectivity index (χ2n) is 6.01. The number of aliphatic hydroxyl groups is 1. The molecule has 1 aliphatic carbocycles. The van der Waals surface area contributed by atoms with E-state index in [1.807, 2.05) is 13.0 Å². The molecular formula is C16H26N2O. The highest BCUT2D eigenvalue weighted by molar-refractivity contribution is 5.10. The van der Waals surface area contributed by atoms with Crippen LogP contribution in [0.4, 0.5) is 0 Å². The highest BCUT2D eigenvalue weighted by Gasteiger charge is 2.30. The molecule has 0 aliphatic heterocycles. The average molecular weight is 262 g/mol. The molecule has 1 aromatic rings. The Kier molecular flexibility index (Phi) is 4.94. The van der Waals surface area contributed by atoms with E-state index in [2.05, 4.69) is 29.1 Å². The van der Waals surface area contributed by atoms with Crippen LogP contribution in [0.25, 0.3) is 0 Å². The van der Waals surface area contributed by atoms with Crippen LogP contribution < -0.4 is 0 Å². The maximum absolute atomic E-state index is 10.3. The first-order valence-corrected chi connectivity index (χ1v) is 7.41. The minimum absolute atomic E-state index is 0.379. The van der Waals surface area contributed by atoms with Crippen molar-refractivity contribution in [2.75, 3.05) is 20.1 Å². The lowest BCUT2D eigenvalue weighted by atomic mass is 9.98. The summed E-state index contributed by atoms with van der Waals surface area (Å²) in [5, 5.41) is 10.3. The Labute approximate surface area is 116 Å². The Morgan fingerprint density at radius 2 is 2.00 bits per heavy atom. The van der Waals surface area contributed by atoms with Crippen LogP contribution in [-0.4, -0.2) is 40.7 Å². The molecule has 0 atom stereocenters. The predicted molar refractivity (Wildman–Crippen MR) is 78.2 cm³/mol. The first kappa shape index (κ1) is 14.5. The van der Waals surface area contributed by atoms with Gasteiger partial charge in [-0.15, -0.1) is 0 Å². The summed E-state index contributed by atoms with van der Waals surface area (Å²) in [5.74, 6) is 0. The van der Waals surface area contributed by atoms with E-state index >= 15 is 0 Å². The van der Waals surface area contributed by atoms with Crippen molar-refractivity contribution in [2.45, 2.75) is 51.0 Å². The van der Waals surface area contributed by atoms with Crippen molar-refractivity contribution in [3.63, 3.8) is 0 Å². The minimum atomic E-state index is -0.379. The minimum Gasteiger partial charge on any atom is -0.390 e. The van der Waals surface area contributed by atoms with Gasteiger partial charge in [-0.2, -0.15) is 0 Å². The van der Waals surface area contributed by atoms with Crippen LogP contribution in [0.1, 0.15) is 43.5 Å². The maximum Gasteiger partial charge on any atom is 0.0660 e. The quantitative estimate of drug-likeness (QED) is 0.856. The smallest absolute Gasteiger partial charge is 0.0660 e. The van der Waals surface area contributed by atoms with Crippen molar-refractivity contribution in [2.24, 2.45) is 0 Å². The van der Waals surface area contributed by atoms with Crippen LogP contribution in [-0.2, 0) is 6.42 Å². The van der Waals surface area contributed by atoms with Gasteiger partial charge in [0.25, 0.3) is 0 Å². The number of pyridine rings is 1. The molecule has 106 valence electrons. The third-order valence-corrected chi connectivity index (χ3v) is 4.19. The number of rotatable bonds is 6. The van der Waals surface area contributed by atoms with Crippen molar-refractivity contribution in [1.29, 1.82) is 0 Å². The second-order valence-corrected chi connectivity index (χ2v) is 6.01. The van der Waals surface area contributed by atoms with Crippen molar-refractivity contribution < 1.29 is 5.11 Å². The van der Waals surface area contributed by atoms with Crippen molar-refractivity contribution in [3.05, 3.63) is 29.6 Å². The molecule has 1 aromatic heterocycles. The summed E-state index contributed by atoms with van der Waals surface area (Å²) in [6.45, 7) is 4.01. The Hall–Kier alpha value is -0.930. The molecular weight excluding hydrogens is 236 g/mol. The van der Waals surface area contributed by atoms with Gasteiger partial charge >= 0.3 is 0 Å². The van der Waals surface area contributed by atoms with Gasteiger partial charge in [-0.05, 0) is 45.4 Å². The molecule has 0 unspecified atom stereocenters. The topological polar surface area (TPSA) is 36.4 Å². The molecule has 0 bridgehead atoms. The molecule has 1 N–H and O–H groups in total. The van der Waals surface area contributed by atoms with Crippen molar-refractivity contribution in [1.82, 2.24) is 9.88 Å². The molecule has 0 amide bonds. The molecule has 19 heavy (non-hydrogen) atoms. The standard InChI is InChI=1S/C16H26N2O/c1-14-6-5-7-15(17-14)8-12-18(2)13-11-16(19)9-3-4-10-16/h5-7,19H,3-4,8-13H2,1-2H3. The van der Waals surface area contributed by atoms with Crippen LogP contribution in [0.15, 0.2) is 18.2 Å². The highest BCUT2D eigenvalue weighted by Crippen LogP contribution is 2.32. The fourth-order valence-corrected chi connectivity index (χ4v) is 2.84. The van der Waals surface area contributed by atoms with Gasteiger partial charge in [0.2, 0.25) is 0 Å². The molecule has 1 saturated carbocycles. The fraction of sp³-hybridized carbons (Fsp3) is 0.688. The van der Waals surface area contributed by atoms with Gasteiger partial charge in [-0.3, -0.25) is 4.98 Å². The third kappa shape index (κ3) is 4.59. The number of nitrogens with zero attached hydrogens (tertiary/aromatic N) is 2. The molecule has 1 heterocycles. The molecule has 0 saturated heterocycles. The zero-order valence-corrected chi connectivity index (χ0v) is 12.2. The van der Waals surface area contributed by atoms with Gasteiger partial charge in [-0.1, -0.05) is 18.9 Å². The summed E-state index contributed by atoms with van der Waals surface area (Å²) in [5.41, 5.74) is 1.86. The average Bonchev–Trinajstić information content (AvgIpc) is 2.82. The van der Waals surface area contributed by atoms with E-state index in [4.69, 9.17) is 0 Å². The summed E-state index contributed by atoms with van der Waals surface area (Å²) in [4.78, 5) is 6.83. The second kappa shape index (κ2) is 6.49. The molecule has 3 nitrogen and oxygen atoms in total. The van der Waals surface area contributed by atoms with E-state index in [0.717, 1.165) is 50.2 Å². The summed E-state index contributed by atoms with van der Waals surface area (Å²) in [6, 6.07) is 6.19. The number of hydrogen-bond acceptors (Lipinski definition) is 3. The number of aromatic nitrogens is 1. The predicted octanol–water partition coefficient (Wildman–Crippen LogP) is 2.56. The summed E-state index contributed by atoms with van der Waals surface area (Å²) >= 11 is 0. The fourth-order valence-electron chi connectivity index (χ4n) is 2.84. The van der Waals surface area contributed by atoms with E-state index in [1.54, 1.807) is 0 Å². The van der Waals surface area contributed by atoms with Gasteiger partial charge in [-0.25, -0.2) is 0 Å². The van der Waals surface area contributed by atoms with Gasteiger partial charge < -0.3 is 10.0 Å². The number of aryl methyl sites for hydroxylation is 1. The van der Waals surface area contributed by atoms with Crippen LogP contribution in [0.5, 0.6) is 0 Å². The van der Waals surface area contributed by atoms with E-state index in [1.165, 1.54) is 12.8 Å². The zero-order valence-electron chi connectivity index (χ0n) is 12.2. The molecule has 3 heteroatoms. The van der Waals surface area contributed by atoms with E-state index < -0.39 is 0 Å². The lowest BCUT2D eigenvalue weighted by Crippen LogP contribution is -2.32. The first-order chi connectivity index (χ1) is 9.07. The molecule has 0 aromatic carbocycles. The van der Waals surface area contributed by atoms with Gasteiger partial charge in [0.15, 0.2) is 0 Å². The highest BCUT2D eigenvalue weighted by atomic mass is 16.3. The number of hydrogen-bond donors (Lipinski definition) is 1. The van der Waals surface area contributed by atoms with Crippen molar-refractivity contribution >= 4 is 0 Å². The Bertz CT molecular complexity index is 399. The molecule has 1 fully saturated rings. The van der Waals surface area contributed by atoms with Crippen LogP contribution in [0.2, 0.25) is 0 Å².